The van der Waals surface area contributed by atoms with Crippen LogP contribution in [0.25, 0.3) is 10.8 Å². The van der Waals surface area contributed by atoms with E-state index in [-0.39, 0.29) is 46.3 Å². The molecule has 1 saturated heterocycles. The maximum absolute atomic E-state index is 13.2. The fourth-order valence-electron chi connectivity index (χ4n) is 5.07. The molecule has 10 heteroatoms. The minimum atomic E-state index is -1.96. The third-order valence-electron chi connectivity index (χ3n) is 7.33. The molecule has 0 spiro atoms. The second-order valence-electron chi connectivity index (χ2n) is 9.78. The van der Waals surface area contributed by atoms with Gasteiger partial charge in [0.15, 0.2) is 5.78 Å². The molecule has 208 valence electrons. The Kier molecular flexibility index (Phi) is 8.24. The van der Waals surface area contributed by atoms with Gasteiger partial charge in [0.25, 0.3) is 0 Å². The second-order valence-corrected chi connectivity index (χ2v) is 9.78. The van der Waals surface area contributed by atoms with Crippen molar-refractivity contribution >= 4 is 22.5 Å². The van der Waals surface area contributed by atoms with Gasteiger partial charge in [-0.3, -0.25) is 4.79 Å². The molecule has 0 aromatic heterocycles. The number of phenolic OH excluding ortho intramolecular Hbond substituents is 1. The summed E-state index contributed by atoms with van der Waals surface area (Å²) in [5, 5.41) is 63.0. The molecule has 0 radical (unpaired) electrons. The van der Waals surface area contributed by atoms with Crippen LogP contribution in [0, 0.1) is 6.92 Å². The smallest absolute Gasteiger partial charge is 0.335 e. The molecule has 3 aromatic rings. The van der Waals surface area contributed by atoms with Gasteiger partial charge in [-0.2, -0.15) is 0 Å². The summed E-state index contributed by atoms with van der Waals surface area (Å²) in [4.78, 5) is 25.0. The molecule has 0 unspecified atom stereocenters. The summed E-state index contributed by atoms with van der Waals surface area (Å²) in [6.45, 7) is 2.47. The minimum Gasteiger partial charge on any atom is -0.506 e. The van der Waals surface area contributed by atoms with Crippen molar-refractivity contribution in [1.82, 2.24) is 0 Å². The molecule has 39 heavy (non-hydrogen) atoms. The number of fused-ring (bicyclic) bond motifs is 1. The van der Waals surface area contributed by atoms with E-state index in [1.54, 1.807) is 19.9 Å². The van der Waals surface area contributed by atoms with E-state index >= 15 is 0 Å². The van der Waals surface area contributed by atoms with Crippen LogP contribution in [0.4, 0.5) is 0 Å². The number of carbonyl (C=O) groups is 2. The third-order valence-corrected chi connectivity index (χ3v) is 7.33. The van der Waals surface area contributed by atoms with Gasteiger partial charge < -0.3 is 40.1 Å². The maximum atomic E-state index is 13.2. The number of aromatic carboxylic acids is 1. The zero-order chi connectivity index (χ0) is 28.5. The van der Waals surface area contributed by atoms with E-state index in [9.17, 15) is 40.2 Å². The number of ether oxygens (including phenoxy) is 2. The first-order valence-corrected chi connectivity index (χ1v) is 12.6. The number of carboxylic acids is 1. The Labute approximate surface area is 224 Å². The van der Waals surface area contributed by atoms with Crippen molar-refractivity contribution in [3.63, 3.8) is 0 Å². The largest absolute Gasteiger partial charge is 0.506 e. The van der Waals surface area contributed by atoms with Crippen LogP contribution in [-0.2, 0) is 11.2 Å². The van der Waals surface area contributed by atoms with Crippen LogP contribution >= 0.6 is 0 Å². The fourth-order valence-corrected chi connectivity index (χ4v) is 5.07. The first-order chi connectivity index (χ1) is 18.5. The van der Waals surface area contributed by atoms with Gasteiger partial charge in [-0.25, -0.2) is 4.79 Å². The lowest BCUT2D eigenvalue weighted by atomic mass is 9.82. The number of Topliss-reactive ketones (excluding diaryl/α,β-unsaturated/α-hetero) is 1. The molecule has 0 amide bonds. The molecular weight excluding hydrogens is 508 g/mol. The van der Waals surface area contributed by atoms with Crippen molar-refractivity contribution in [3.8, 4) is 11.5 Å². The normalized spacial score (nSPS) is 25.0. The summed E-state index contributed by atoms with van der Waals surface area (Å²) >= 11 is 0. The summed E-state index contributed by atoms with van der Waals surface area (Å²) in [5.41, 5.74) is -0.730. The molecule has 0 saturated carbocycles. The highest BCUT2D eigenvalue weighted by Gasteiger charge is 2.54. The number of carboxylic acid groups (broad SMARTS) is 1. The van der Waals surface area contributed by atoms with Gasteiger partial charge in [0.2, 0.25) is 6.29 Å². The monoisotopic (exact) mass is 540 g/mol. The molecule has 5 atom stereocenters. The highest BCUT2D eigenvalue weighted by molar-refractivity contribution is 6.09. The molecule has 3 aromatic carbocycles. The maximum Gasteiger partial charge on any atom is 0.335 e. The van der Waals surface area contributed by atoms with Gasteiger partial charge >= 0.3 is 5.97 Å². The molecule has 1 fully saturated rings. The number of ketones is 1. The van der Waals surface area contributed by atoms with Crippen molar-refractivity contribution < 1.29 is 49.7 Å². The Morgan fingerprint density at radius 3 is 2.41 bits per heavy atom. The topological polar surface area (TPSA) is 174 Å². The van der Waals surface area contributed by atoms with E-state index in [4.69, 9.17) is 9.47 Å². The van der Waals surface area contributed by atoms with Crippen molar-refractivity contribution in [1.29, 1.82) is 0 Å². The lowest BCUT2D eigenvalue weighted by Gasteiger charge is -2.47. The number of carbonyl (C=O) groups excluding carboxylic acids is 1. The predicted octanol–water partition coefficient (Wildman–Crippen LogP) is 2.33. The first kappa shape index (κ1) is 28.5. The Morgan fingerprint density at radius 2 is 1.79 bits per heavy atom. The molecule has 4 rings (SSSR count). The van der Waals surface area contributed by atoms with E-state index < -0.39 is 48.5 Å². The van der Waals surface area contributed by atoms with Crippen molar-refractivity contribution in [3.05, 3.63) is 70.8 Å². The lowest BCUT2D eigenvalue weighted by Crippen LogP contribution is -2.67. The van der Waals surface area contributed by atoms with Gasteiger partial charge in [0.1, 0.15) is 35.4 Å². The Bertz CT molecular complexity index is 1370. The van der Waals surface area contributed by atoms with Gasteiger partial charge in [-0.15, -0.1) is 0 Å². The number of aliphatic hydroxyl groups excluding tert-OH is 3. The number of aliphatic hydroxyl groups is 4. The summed E-state index contributed by atoms with van der Waals surface area (Å²) in [6, 6.07) is 13.4. The van der Waals surface area contributed by atoms with E-state index in [0.29, 0.717) is 12.0 Å². The number of aryl methyl sites for hydroxylation is 2. The van der Waals surface area contributed by atoms with Crippen LogP contribution in [-0.4, -0.2) is 79.2 Å². The van der Waals surface area contributed by atoms with Crippen LogP contribution in [0.15, 0.2) is 48.5 Å². The van der Waals surface area contributed by atoms with Crippen LogP contribution < -0.4 is 4.74 Å². The number of hydrogen-bond donors (Lipinski definition) is 6. The van der Waals surface area contributed by atoms with Crippen molar-refractivity contribution in [2.75, 3.05) is 6.61 Å². The second kappa shape index (κ2) is 11.3. The quantitative estimate of drug-likeness (QED) is 0.221. The highest BCUT2D eigenvalue weighted by atomic mass is 16.7. The molecular formula is C29H32O10. The zero-order valence-electron chi connectivity index (χ0n) is 21.6. The number of hydrogen-bond acceptors (Lipinski definition) is 9. The van der Waals surface area contributed by atoms with Gasteiger partial charge in [0.05, 0.1) is 23.1 Å². The number of rotatable bonds is 9. The Morgan fingerprint density at radius 1 is 1.10 bits per heavy atom. The fraction of sp³-hybridized carbons (Fsp3) is 0.379. The average molecular weight is 541 g/mol. The summed E-state index contributed by atoms with van der Waals surface area (Å²) < 4.78 is 11.4. The SMILES string of the molecule is CC[C@@]1(O)[C@H](O)[C@@H](O)[C@H](Oc2cc(C(=O)O)cc3cc(C)c(C(=O)CCc4ccccc4)c(O)c23)O[C@@H]1CO. The molecule has 6 N–H and O–H groups in total. The van der Waals surface area contributed by atoms with E-state index in [1.807, 2.05) is 30.3 Å². The highest BCUT2D eigenvalue weighted by Crippen LogP contribution is 2.41. The van der Waals surface area contributed by atoms with Gasteiger partial charge in [-0.1, -0.05) is 43.3 Å². The van der Waals surface area contributed by atoms with Crippen LogP contribution in [0.2, 0.25) is 0 Å². The summed E-state index contributed by atoms with van der Waals surface area (Å²) in [5.74, 6) is -2.28. The van der Waals surface area contributed by atoms with Gasteiger partial charge in [0, 0.05) is 6.42 Å². The molecule has 0 aliphatic carbocycles. The van der Waals surface area contributed by atoms with E-state index in [2.05, 4.69) is 0 Å². The van der Waals surface area contributed by atoms with Crippen LogP contribution in [0.3, 0.4) is 0 Å². The minimum absolute atomic E-state index is 0.0100. The van der Waals surface area contributed by atoms with Gasteiger partial charge in [-0.05, 0) is 48.4 Å². The Balaban J connectivity index is 1.76. The molecule has 1 aliphatic rings. The standard InChI is InChI=1S/C29H32O10/c1-3-29(37)21(14-30)39-28(25(33)26(29)34)38-20-13-18(27(35)36)12-17-11-15(2)22(24(32)23(17)20)19(31)10-9-16-7-5-4-6-8-16/h4-8,11-13,21,25-26,28,30,32-34,37H,3,9-10,14H2,1-2H3,(H,35,36)/t21-,25-,26-,28-,29+/m1/s1. The molecule has 0 bridgehead atoms. The van der Waals surface area contributed by atoms with Crippen LogP contribution in [0.1, 0.15) is 51.6 Å². The summed E-state index contributed by atoms with van der Waals surface area (Å²) in [7, 11) is 0. The third kappa shape index (κ3) is 5.34. The zero-order valence-corrected chi connectivity index (χ0v) is 21.6. The molecule has 1 aliphatic heterocycles. The predicted molar refractivity (Wildman–Crippen MR) is 140 cm³/mol. The molecule has 1 heterocycles. The van der Waals surface area contributed by atoms with E-state index in [1.165, 1.54) is 6.07 Å². The number of benzene rings is 3. The number of phenols is 1. The van der Waals surface area contributed by atoms with E-state index in [0.717, 1.165) is 11.6 Å². The number of aromatic hydroxyl groups is 1. The van der Waals surface area contributed by atoms with Crippen LogP contribution in [0.5, 0.6) is 11.5 Å². The van der Waals surface area contributed by atoms with Crippen molar-refractivity contribution in [2.45, 2.75) is 63.3 Å². The molecule has 10 nitrogen and oxygen atoms in total. The first-order valence-electron chi connectivity index (χ1n) is 12.6. The Hall–Kier alpha value is -3.54. The average Bonchev–Trinajstić information content (AvgIpc) is 2.92. The lowest BCUT2D eigenvalue weighted by molar-refractivity contribution is -0.313. The summed E-state index contributed by atoms with van der Waals surface area (Å²) in [6.07, 6.45) is -6.02. The van der Waals surface area contributed by atoms with Crippen molar-refractivity contribution in [2.24, 2.45) is 0 Å².